The van der Waals surface area contributed by atoms with Gasteiger partial charge in [0.15, 0.2) is 0 Å². The number of carbonyl (C=O) groups is 1. The van der Waals surface area contributed by atoms with Crippen molar-refractivity contribution in [1.82, 2.24) is 9.78 Å². The number of benzene rings is 1. The summed E-state index contributed by atoms with van der Waals surface area (Å²) < 4.78 is 6.72. The predicted octanol–water partition coefficient (Wildman–Crippen LogP) is 2.59. The maximum absolute atomic E-state index is 13.1. The van der Waals surface area contributed by atoms with Crippen molar-refractivity contribution in [3.05, 3.63) is 35.0 Å². The molecule has 2 aliphatic rings. The molecule has 24 heavy (non-hydrogen) atoms. The van der Waals surface area contributed by atoms with Gasteiger partial charge < -0.3 is 15.8 Å². The van der Waals surface area contributed by atoms with Gasteiger partial charge in [-0.1, -0.05) is 6.07 Å². The molecule has 2 aromatic rings. The van der Waals surface area contributed by atoms with Gasteiger partial charge in [0.05, 0.1) is 18.7 Å². The summed E-state index contributed by atoms with van der Waals surface area (Å²) in [6.45, 7) is 0.747. The van der Waals surface area contributed by atoms with Crippen molar-refractivity contribution in [2.24, 2.45) is 0 Å². The summed E-state index contributed by atoms with van der Waals surface area (Å²) in [4.78, 5) is 13.1. The Kier molecular flexibility index (Phi) is 3.67. The van der Waals surface area contributed by atoms with Crippen LogP contribution in [-0.2, 0) is 12.8 Å². The average molecular weight is 326 g/mol. The molecule has 0 saturated heterocycles. The molecule has 4 rings (SSSR count). The highest BCUT2D eigenvalue weighted by molar-refractivity contribution is 5.90. The van der Waals surface area contributed by atoms with Crippen molar-refractivity contribution in [2.75, 3.05) is 24.7 Å². The molecule has 0 spiro atoms. The van der Waals surface area contributed by atoms with E-state index in [1.54, 1.807) is 7.11 Å². The summed E-state index contributed by atoms with van der Waals surface area (Å²) in [5, 5.41) is 7.87. The van der Waals surface area contributed by atoms with Crippen LogP contribution in [-0.4, -0.2) is 29.3 Å². The quantitative estimate of drug-likeness (QED) is 0.886. The van der Waals surface area contributed by atoms with E-state index in [0.717, 1.165) is 66.9 Å². The summed E-state index contributed by atoms with van der Waals surface area (Å²) >= 11 is 0. The van der Waals surface area contributed by atoms with Crippen LogP contribution in [0.25, 0.3) is 0 Å². The first-order valence-corrected chi connectivity index (χ1v) is 8.51. The smallest absolute Gasteiger partial charge is 0.256 e. The molecule has 1 aliphatic carbocycles. The Hall–Kier alpha value is -2.50. The van der Waals surface area contributed by atoms with Crippen LogP contribution in [0.1, 0.15) is 46.8 Å². The standard InChI is InChI=1S/C18H22N4O2/c1-24-11-6-7-12-13(8-9-20-16(12)10-11)18(23)22-17(19)14-4-2-3-5-15(14)21-22/h6-7,10,13,20H,2-5,8-9,19H2,1H3. The van der Waals surface area contributed by atoms with E-state index < -0.39 is 0 Å². The van der Waals surface area contributed by atoms with Gasteiger partial charge in [0.1, 0.15) is 11.6 Å². The second-order valence-electron chi connectivity index (χ2n) is 6.49. The Balaban J connectivity index is 1.70. The Morgan fingerprint density at radius 2 is 2.21 bits per heavy atom. The Labute approximate surface area is 141 Å². The highest BCUT2D eigenvalue weighted by Crippen LogP contribution is 2.36. The number of carbonyl (C=O) groups excluding carboxylic acids is 1. The number of anilines is 2. The molecule has 1 aliphatic heterocycles. The summed E-state index contributed by atoms with van der Waals surface area (Å²) in [5.41, 5.74) is 10.2. The molecule has 1 aromatic carbocycles. The molecule has 6 nitrogen and oxygen atoms in total. The lowest BCUT2D eigenvalue weighted by Crippen LogP contribution is -2.28. The van der Waals surface area contributed by atoms with E-state index in [4.69, 9.17) is 10.5 Å². The van der Waals surface area contributed by atoms with Crippen LogP contribution in [0.4, 0.5) is 11.5 Å². The third-order valence-corrected chi connectivity index (χ3v) is 5.09. The fraction of sp³-hybridized carbons (Fsp3) is 0.444. The van der Waals surface area contributed by atoms with Crippen molar-refractivity contribution >= 4 is 17.4 Å². The average Bonchev–Trinajstić information content (AvgIpc) is 2.97. The molecule has 0 fully saturated rings. The molecule has 126 valence electrons. The zero-order chi connectivity index (χ0) is 16.7. The lowest BCUT2D eigenvalue weighted by Gasteiger charge is -2.26. The van der Waals surface area contributed by atoms with Crippen LogP contribution in [0.2, 0.25) is 0 Å². The maximum atomic E-state index is 13.1. The van der Waals surface area contributed by atoms with Gasteiger partial charge in [-0.3, -0.25) is 4.79 Å². The molecule has 0 radical (unpaired) electrons. The fourth-order valence-electron chi connectivity index (χ4n) is 3.78. The number of hydrogen-bond acceptors (Lipinski definition) is 5. The van der Waals surface area contributed by atoms with Gasteiger partial charge in [0.25, 0.3) is 5.91 Å². The number of aromatic nitrogens is 2. The topological polar surface area (TPSA) is 82.2 Å². The molecule has 6 heteroatoms. The van der Waals surface area contributed by atoms with Gasteiger partial charge in [-0.05, 0) is 43.7 Å². The van der Waals surface area contributed by atoms with Gasteiger partial charge in [0, 0.05) is 23.9 Å². The third kappa shape index (κ3) is 2.33. The van der Waals surface area contributed by atoms with E-state index in [9.17, 15) is 4.79 Å². The molecular weight excluding hydrogens is 304 g/mol. The largest absolute Gasteiger partial charge is 0.497 e. The van der Waals surface area contributed by atoms with E-state index in [0.29, 0.717) is 5.82 Å². The first-order valence-electron chi connectivity index (χ1n) is 8.51. The summed E-state index contributed by atoms with van der Waals surface area (Å²) in [6, 6.07) is 5.79. The lowest BCUT2D eigenvalue weighted by atomic mass is 9.90. The molecule has 1 atom stereocenters. The number of aryl methyl sites for hydroxylation is 1. The van der Waals surface area contributed by atoms with E-state index >= 15 is 0 Å². The summed E-state index contributed by atoms with van der Waals surface area (Å²) in [7, 11) is 1.64. The second-order valence-corrected chi connectivity index (χ2v) is 6.49. The first-order chi connectivity index (χ1) is 11.7. The number of rotatable bonds is 2. The molecule has 0 amide bonds. The predicted molar refractivity (Wildman–Crippen MR) is 92.7 cm³/mol. The van der Waals surface area contributed by atoms with E-state index in [2.05, 4.69) is 10.4 Å². The minimum atomic E-state index is -0.226. The van der Waals surface area contributed by atoms with Gasteiger partial charge in [-0.2, -0.15) is 9.78 Å². The molecule has 0 saturated carbocycles. The number of methoxy groups -OCH3 is 1. The van der Waals surface area contributed by atoms with Crippen molar-refractivity contribution in [2.45, 2.75) is 38.0 Å². The lowest BCUT2D eigenvalue weighted by molar-refractivity contribution is 0.0859. The monoisotopic (exact) mass is 326 g/mol. The van der Waals surface area contributed by atoms with Crippen LogP contribution in [0.3, 0.4) is 0 Å². The molecule has 0 bridgehead atoms. The number of hydrogen-bond donors (Lipinski definition) is 2. The van der Waals surface area contributed by atoms with Gasteiger partial charge >= 0.3 is 0 Å². The van der Waals surface area contributed by atoms with Gasteiger partial charge in [0.2, 0.25) is 0 Å². The highest BCUT2D eigenvalue weighted by Gasteiger charge is 2.31. The molecule has 1 aromatic heterocycles. The number of nitrogen functional groups attached to an aromatic ring is 1. The fourth-order valence-corrected chi connectivity index (χ4v) is 3.78. The Morgan fingerprint density at radius 1 is 1.38 bits per heavy atom. The zero-order valence-corrected chi connectivity index (χ0v) is 13.8. The van der Waals surface area contributed by atoms with Crippen LogP contribution in [0.15, 0.2) is 18.2 Å². The minimum absolute atomic E-state index is 0.0326. The summed E-state index contributed by atoms with van der Waals surface area (Å²) in [6.07, 6.45) is 4.82. The molecular formula is C18H22N4O2. The second kappa shape index (κ2) is 5.85. The van der Waals surface area contributed by atoms with E-state index in [1.165, 1.54) is 4.68 Å². The SMILES string of the molecule is COc1ccc2c(c1)NCCC2C(=O)n1nc2c(c1N)CCCC2. The Morgan fingerprint density at radius 3 is 3.00 bits per heavy atom. The van der Waals surface area contributed by atoms with Crippen LogP contribution < -0.4 is 15.8 Å². The third-order valence-electron chi connectivity index (χ3n) is 5.09. The number of nitrogens with zero attached hydrogens (tertiary/aromatic N) is 2. The van der Waals surface area contributed by atoms with Crippen LogP contribution >= 0.6 is 0 Å². The van der Waals surface area contributed by atoms with Crippen molar-refractivity contribution in [1.29, 1.82) is 0 Å². The van der Waals surface area contributed by atoms with Crippen LogP contribution in [0.5, 0.6) is 5.75 Å². The normalized spacial score (nSPS) is 19.1. The van der Waals surface area contributed by atoms with Crippen molar-refractivity contribution in [3.8, 4) is 5.75 Å². The number of fused-ring (bicyclic) bond motifs is 2. The van der Waals surface area contributed by atoms with Gasteiger partial charge in [-0.25, -0.2) is 0 Å². The van der Waals surface area contributed by atoms with Gasteiger partial charge in [-0.15, -0.1) is 0 Å². The number of nitrogens with one attached hydrogen (secondary N) is 1. The van der Waals surface area contributed by atoms with Crippen molar-refractivity contribution < 1.29 is 9.53 Å². The molecule has 3 N–H and O–H groups in total. The minimum Gasteiger partial charge on any atom is -0.497 e. The number of ether oxygens (including phenoxy) is 1. The summed E-state index contributed by atoms with van der Waals surface area (Å²) in [5.74, 6) is 1.05. The molecule has 1 unspecified atom stereocenters. The molecule has 2 heterocycles. The number of nitrogens with two attached hydrogens (primary N) is 1. The van der Waals surface area contributed by atoms with Crippen LogP contribution in [0, 0.1) is 0 Å². The van der Waals surface area contributed by atoms with E-state index in [-0.39, 0.29) is 11.8 Å². The van der Waals surface area contributed by atoms with E-state index in [1.807, 2.05) is 18.2 Å². The zero-order valence-electron chi connectivity index (χ0n) is 13.8. The Bertz CT molecular complexity index is 797. The first kappa shape index (κ1) is 15.1. The van der Waals surface area contributed by atoms with Crippen molar-refractivity contribution in [3.63, 3.8) is 0 Å². The maximum Gasteiger partial charge on any atom is 0.256 e. The highest BCUT2D eigenvalue weighted by atomic mass is 16.5.